The molecule has 2 aromatic rings. The second-order valence-corrected chi connectivity index (χ2v) is 9.17. The molecule has 0 unspecified atom stereocenters. The molecule has 3 aliphatic carbocycles. The molecule has 1 spiro atoms. The third kappa shape index (κ3) is 3.26. The van der Waals surface area contributed by atoms with Gasteiger partial charge in [-0.2, -0.15) is 0 Å². The Kier molecular flexibility index (Phi) is 4.76. The van der Waals surface area contributed by atoms with E-state index in [-0.39, 0.29) is 23.7 Å². The summed E-state index contributed by atoms with van der Waals surface area (Å²) in [6.45, 7) is 0.740. The van der Waals surface area contributed by atoms with Gasteiger partial charge in [0.15, 0.2) is 0 Å². The van der Waals surface area contributed by atoms with Crippen LogP contribution in [0.25, 0.3) is 0 Å². The molecule has 5 heteroatoms. The molecule has 156 valence electrons. The van der Waals surface area contributed by atoms with Crippen LogP contribution in [0.2, 0.25) is 0 Å². The minimum absolute atomic E-state index is 0.000226. The van der Waals surface area contributed by atoms with Gasteiger partial charge in [0.05, 0.1) is 5.56 Å². The largest absolute Gasteiger partial charge is 0.362 e. The maximum atomic E-state index is 13.3. The zero-order chi connectivity index (χ0) is 20.7. The molecule has 6 rings (SSSR count). The molecule has 1 aliphatic heterocycles. The monoisotopic (exact) mass is 403 g/mol. The maximum absolute atomic E-state index is 13.3. The highest BCUT2D eigenvalue weighted by Crippen LogP contribution is 2.52. The molecule has 3 saturated carbocycles. The van der Waals surface area contributed by atoms with Gasteiger partial charge in [-0.05, 0) is 55.7 Å². The highest BCUT2D eigenvalue weighted by Gasteiger charge is 2.55. The number of fused-ring (bicyclic) bond motifs is 3. The fraction of sp³-hybridized carbons (Fsp3) is 0.440. The second kappa shape index (κ2) is 7.46. The van der Waals surface area contributed by atoms with Gasteiger partial charge in [0, 0.05) is 31.1 Å². The van der Waals surface area contributed by atoms with Gasteiger partial charge in [0.2, 0.25) is 5.91 Å². The molecule has 5 nitrogen and oxygen atoms in total. The first-order valence-corrected chi connectivity index (χ1v) is 11.0. The predicted octanol–water partition coefficient (Wildman–Crippen LogP) is 3.68. The smallest absolute Gasteiger partial charge is 0.255 e. The Morgan fingerprint density at radius 1 is 1.07 bits per heavy atom. The van der Waals surface area contributed by atoms with Gasteiger partial charge in [-0.3, -0.25) is 9.59 Å². The summed E-state index contributed by atoms with van der Waals surface area (Å²) in [6.07, 6.45) is 4.66. The SMILES string of the molecule is CN(CCc1ccccc1)C(=O)[C@@H]1C[C@H]2CC[C@@H]1C[C@@]21NC(=O)c2ccccc2N1. The van der Waals surface area contributed by atoms with Crippen LogP contribution in [0.3, 0.4) is 0 Å². The molecular formula is C25H29N3O2. The molecule has 2 bridgehead atoms. The Morgan fingerprint density at radius 2 is 1.83 bits per heavy atom. The number of rotatable bonds is 4. The Balaban J connectivity index is 1.28. The van der Waals surface area contributed by atoms with Gasteiger partial charge in [0.25, 0.3) is 5.91 Å². The van der Waals surface area contributed by atoms with E-state index in [1.165, 1.54) is 5.56 Å². The normalized spacial score (nSPS) is 29.1. The van der Waals surface area contributed by atoms with Crippen LogP contribution in [0.1, 0.15) is 41.6 Å². The number of hydrogen-bond donors (Lipinski definition) is 2. The Bertz CT molecular complexity index is 960. The van der Waals surface area contributed by atoms with E-state index in [1.807, 2.05) is 54.4 Å². The summed E-state index contributed by atoms with van der Waals surface area (Å²) in [7, 11) is 1.93. The summed E-state index contributed by atoms with van der Waals surface area (Å²) in [5.74, 6) is 0.903. The van der Waals surface area contributed by atoms with E-state index in [2.05, 4.69) is 22.8 Å². The van der Waals surface area contributed by atoms with Crippen molar-refractivity contribution in [2.45, 2.75) is 37.8 Å². The summed E-state index contributed by atoms with van der Waals surface area (Å²) in [6, 6.07) is 18.0. The van der Waals surface area contributed by atoms with E-state index in [1.54, 1.807) is 0 Å². The molecule has 4 aliphatic rings. The van der Waals surface area contributed by atoms with E-state index in [9.17, 15) is 9.59 Å². The van der Waals surface area contributed by atoms with Crippen LogP contribution >= 0.6 is 0 Å². The highest BCUT2D eigenvalue weighted by molar-refractivity contribution is 6.02. The topological polar surface area (TPSA) is 61.4 Å². The molecule has 0 aromatic heterocycles. The van der Waals surface area contributed by atoms with Gasteiger partial charge in [-0.1, -0.05) is 42.5 Å². The number of benzene rings is 2. The van der Waals surface area contributed by atoms with Crippen molar-refractivity contribution in [3.8, 4) is 0 Å². The van der Waals surface area contributed by atoms with Crippen molar-refractivity contribution < 1.29 is 9.59 Å². The fourth-order valence-electron chi connectivity index (χ4n) is 5.78. The Morgan fingerprint density at radius 3 is 2.60 bits per heavy atom. The zero-order valence-electron chi connectivity index (χ0n) is 17.4. The van der Waals surface area contributed by atoms with Gasteiger partial charge in [-0.25, -0.2) is 0 Å². The van der Waals surface area contributed by atoms with Crippen molar-refractivity contribution in [1.29, 1.82) is 0 Å². The number of para-hydroxylation sites is 1. The molecule has 0 radical (unpaired) electrons. The van der Waals surface area contributed by atoms with Crippen LogP contribution in [0.4, 0.5) is 5.69 Å². The van der Waals surface area contributed by atoms with E-state index in [0.29, 0.717) is 11.5 Å². The lowest BCUT2D eigenvalue weighted by atomic mass is 9.58. The van der Waals surface area contributed by atoms with Crippen molar-refractivity contribution in [2.24, 2.45) is 17.8 Å². The number of nitrogens with zero attached hydrogens (tertiary/aromatic N) is 1. The number of carbonyl (C=O) groups is 2. The number of likely N-dealkylation sites (N-methyl/N-ethyl adjacent to an activating group) is 1. The van der Waals surface area contributed by atoms with E-state index in [0.717, 1.165) is 44.3 Å². The lowest BCUT2D eigenvalue weighted by Crippen LogP contribution is -2.68. The third-order valence-corrected chi connectivity index (χ3v) is 7.41. The number of amides is 2. The van der Waals surface area contributed by atoms with Crippen molar-refractivity contribution in [3.63, 3.8) is 0 Å². The zero-order valence-corrected chi connectivity index (χ0v) is 17.4. The second-order valence-electron chi connectivity index (χ2n) is 9.17. The summed E-state index contributed by atoms with van der Waals surface area (Å²) < 4.78 is 0. The van der Waals surface area contributed by atoms with Crippen LogP contribution in [0.15, 0.2) is 54.6 Å². The quantitative estimate of drug-likeness (QED) is 0.819. The first kappa shape index (κ1) is 19.2. The third-order valence-electron chi connectivity index (χ3n) is 7.41. The maximum Gasteiger partial charge on any atom is 0.255 e. The average molecular weight is 404 g/mol. The highest BCUT2D eigenvalue weighted by atomic mass is 16.2. The molecular weight excluding hydrogens is 374 g/mol. The summed E-state index contributed by atoms with van der Waals surface area (Å²) >= 11 is 0. The summed E-state index contributed by atoms with van der Waals surface area (Å²) in [5.41, 5.74) is 2.47. The molecule has 2 amide bonds. The lowest BCUT2D eigenvalue weighted by Gasteiger charge is -2.56. The Hall–Kier alpha value is -2.82. The summed E-state index contributed by atoms with van der Waals surface area (Å²) in [4.78, 5) is 27.9. The molecule has 0 saturated heterocycles. The van der Waals surface area contributed by atoms with Crippen LogP contribution < -0.4 is 10.6 Å². The minimum Gasteiger partial charge on any atom is -0.362 e. The van der Waals surface area contributed by atoms with Crippen LogP contribution in [-0.2, 0) is 11.2 Å². The average Bonchev–Trinajstić information content (AvgIpc) is 2.78. The number of anilines is 1. The van der Waals surface area contributed by atoms with Crippen molar-refractivity contribution in [1.82, 2.24) is 10.2 Å². The van der Waals surface area contributed by atoms with Crippen molar-refractivity contribution in [2.75, 3.05) is 18.9 Å². The summed E-state index contributed by atoms with van der Waals surface area (Å²) in [5, 5.41) is 6.93. The molecule has 2 N–H and O–H groups in total. The number of carbonyl (C=O) groups excluding carboxylic acids is 2. The first-order chi connectivity index (χ1) is 14.6. The van der Waals surface area contributed by atoms with Gasteiger partial charge < -0.3 is 15.5 Å². The van der Waals surface area contributed by atoms with Crippen molar-refractivity contribution >= 4 is 17.5 Å². The van der Waals surface area contributed by atoms with Crippen molar-refractivity contribution in [3.05, 3.63) is 65.7 Å². The van der Waals surface area contributed by atoms with Crippen LogP contribution in [-0.4, -0.2) is 36.0 Å². The molecule has 30 heavy (non-hydrogen) atoms. The van der Waals surface area contributed by atoms with Gasteiger partial charge in [0.1, 0.15) is 5.66 Å². The molecule has 1 heterocycles. The lowest BCUT2D eigenvalue weighted by molar-refractivity contribution is -0.141. The number of hydrogen-bond acceptors (Lipinski definition) is 3. The van der Waals surface area contributed by atoms with E-state index in [4.69, 9.17) is 0 Å². The van der Waals surface area contributed by atoms with Crippen LogP contribution in [0.5, 0.6) is 0 Å². The minimum atomic E-state index is -0.409. The first-order valence-electron chi connectivity index (χ1n) is 11.0. The number of nitrogens with one attached hydrogen (secondary N) is 2. The van der Waals surface area contributed by atoms with Gasteiger partial charge >= 0.3 is 0 Å². The molecule has 3 fully saturated rings. The van der Waals surface area contributed by atoms with E-state index < -0.39 is 5.66 Å². The molecule has 4 atom stereocenters. The van der Waals surface area contributed by atoms with E-state index >= 15 is 0 Å². The van der Waals surface area contributed by atoms with Gasteiger partial charge in [-0.15, -0.1) is 0 Å². The fourth-order valence-corrected chi connectivity index (χ4v) is 5.78. The molecule has 2 aromatic carbocycles. The standard InChI is InChI=1S/C25H29N3O2/c1-28(14-13-17-7-3-2-4-8-17)24(30)21-15-19-12-11-18(21)16-25(19)26-22-10-6-5-9-20(22)23(29)27-25/h2-10,18-19,21,26H,11-16H2,1H3,(H,27,29)/t18-,19-,21-,25-/m1/s1. The predicted molar refractivity (Wildman–Crippen MR) is 117 cm³/mol. The van der Waals surface area contributed by atoms with Crippen LogP contribution in [0, 0.1) is 17.8 Å². The Labute approximate surface area is 177 Å².